The van der Waals surface area contributed by atoms with E-state index in [1.54, 1.807) is 36.7 Å². The molecule has 0 aliphatic heterocycles. The molecule has 1 aromatic carbocycles. The molecule has 1 aliphatic rings. The number of aromatic nitrogens is 4. The van der Waals surface area contributed by atoms with Gasteiger partial charge in [-0.15, -0.1) is 0 Å². The van der Waals surface area contributed by atoms with Crippen molar-refractivity contribution in [2.24, 2.45) is 0 Å². The van der Waals surface area contributed by atoms with E-state index in [1.807, 2.05) is 6.07 Å². The number of alkyl halides is 3. The van der Waals surface area contributed by atoms with Crippen LogP contribution in [0.15, 0.2) is 55.1 Å². The van der Waals surface area contributed by atoms with Crippen LogP contribution in [0.5, 0.6) is 0 Å². The Balaban J connectivity index is 1.59. The Morgan fingerprint density at radius 2 is 1.82 bits per heavy atom. The molecule has 1 amide bonds. The van der Waals surface area contributed by atoms with E-state index < -0.39 is 29.7 Å². The van der Waals surface area contributed by atoms with E-state index in [0.29, 0.717) is 12.8 Å². The van der Waals surface area contributed by atoms with Crippen LogP contribution in [-0.4, -0.2) is 43.8 Å². The molecular formula is C22H20F3N7O. The van der Waals surface area contributed by atoms with Gasteiger partial charge in [0.25, 0.3) is 0 Å². The first-order valence-corrected chi connectivity index (χ1v) is 10.2. The van der Waals surface area contributed by atoms with Gasteiger partial charge in [0.15, 0.2) is 5.82 Å². The van der Waals surface area contributed by atoms with Gasteiger partial charge in [0, 0.05) is 18.8 Å². The van der Waals surface area contributed by atoms with Gasteiger partial charge in [-0.1, -0.05) is 24.3 Å². The van der Waals surface area contributed by atoms with Crippen molar-refractivity contribution in [1.82, 2.24) is 30.8 Å². The third kappa shape index (κ3) is 5.35. The number of carbonyl (C=O) groups is 1. The van der Waals surface area contributed by atoms with E-state index in [2.05, 4.69) is 30.8 Å². The molecule has 8 nitrogen and oxygen atoms in total. The minimum absolute atomic E-state index is 0.0467. The lowest BCUT2D eigenvalue weighted by atomic mass is 9.99. The summed E-state index contributed by atoms with van der Waals surface area (Å²) >= 11 is 0. The zero-order chi connectivity index (χ0) is 23.5. The monoisotopic (exact) mass is 455 g/mol. The van der Waals surface area contributed by atoms with Gasteiger partial charge in [0.05, 0.1) is 12.1 Å². The van der Waals surface area contributed by atoms with Crippen molar-refractivity contribution in [2.45, 2.75) is 43.1 Å². The highest BCUT2D eigenvalue weighted by atomic mass is 19.4. The van der Waals surface area contributed by atoms with Crippen molar-refractivity contribution in [1.29, 1.82) is 5.26 Å². The quantitative estimate of drug-likeness (QED) is 0.481. The Kier molecular flexibility index (Phi) is 6.11. The average molecular weight is 455 g/mol. The highest BCUT2D eigenvalue weighted by Crippen LogP contribution is 2.36. The van der Waals surface area contributed by atoms with Gasteiger partial charge in [-0.2, -0.15) is 23.5 Å². The van der Waals surface area contributed by atoms with Gasteiger partial charge in [0.1, 0.15) is 17.9 Å². The highest BCUT2D eigenvalue weighted by Gasteiger charge is 2.47. The standard InChI is InChI=1S/C22H20F3N7O/c23-22(24,25)19(16-3-1-14(2-4-16)15-5-9-27-10-6-15)30-17(11-18-28-13-29-32-18)20(33)31-21(12-26)7-8-21/h1-6,9-10,13,17,19,30H,7-8,11H2,(H,31,33)(H,28,29,32)/t17-,19-/m0/s1. The molecule has 0 spiro atoms. The molecular weight excluding hydrogens is 435 g/mol. The molecule has 3 N–H and O–H groups in total. The Morgan fingerprint density at radius 1 is 1.15 bits per heavy atom. The number of nitrogens with one attached hydrogen (secondary N) is 3. The lowest BCUT2D eigenvalue weighted by molar-refractivity contribution is -0.161. The van der Waals surface area contributed by atoms with Crippen LogP contribution < -0.4 is 10.6 Å². The minimum atomic E-state index is -4.68. The lowest BCUT2D eigenvalue weighted by Crippen LogP contribution is -2.52. The molecule has 11 heteroatoms. The Morgan fingerprint density at radius 3 is 2.36 bits per heavy atom. The molecule has 2 heterocycles. The van der Waals surface area contributed by atoms with E-state index in [0.717, 1.165) is 11.1 Å². The summed E-state index contributed by atoms with van der Waals surface area (Å²) < 4.78 is 42.2. The van der Waals surface area contributed by atoms with E-state index in [1.165, 1.54) is 18.5 Å². The third-order valence-electron chi connectivity index (χ3n) is 5.45. The number of nitrogens with zero attached hydrogens (tertiary/aromatic N) is 4. The second-order valence-electron chi connectivity index (χ2n) is 7.85. The average Bonchev–Trinajstić information content (AvgIpc) is 3.39. The molecule has 3 aromatic rings. The fourth-order valence-corrected chi connectivity index (χ4v) is 3.45. The van der Waals surface area contributed by atoms with Gasteiger partial charge >= 0.3 is 6.18 Å². The van der Waals surface area contributed by atoms with Crippen molar-refractivity contribution < 1.29 is 18.0 Å². The summed E-state index contributed by atoms with van der Waals surface area (Å²) in [6.45, 7) is 0. The summed E-state index contributed by atoms with van der Waals surface area (Å²) in [7, 11) is 0. The molecule has 2 atom stereocenters. The van der Waals surface area contributed by atoms with Gasteiger partial charge < -0.3 is 5.32 Å². The molecule has 1 saturated carbocycles. The summed E-state index contributed by atoms with van der Waals surface area (Å²) in [6.07, 6.45) is 0.540. The predicted octanol–water partition coefficient (Wildman–Crippen LogP) is 2.84. The molecule has 170 valence electrons. The fraction of sp³-hybridized carbons (Fsp3) is 0.318. The Labute approximate surface area is 187 Å². The molecule has 0 bridgehead atoms. The molecule has 0 saturated heterocycles. The number of pyridine rings is 1. The van der Waals surface area contributed by atoms with Crippen molar-refractivity contribution in [3.63, 3.8) is 0 Å². The Hall–Kier alpha value is -3.78. The highest BCUT2D eigenvalue weighted by molar-refractivity contribution is 5.83. The Bertz CT molecular complexity index is 1120. The van der Waals surface area contributed by atoms with Crippen molar-refractivity contribution in [3.8, 4) is 17.2 Å². The number of carbonyl (C=O) groups excluding carboxylic acids is 1. The summed E-state index contributed by atoms with van der Waals surface area (Å²) in [5, 5.41) is 20.6. The number of aromatic amines is 1. The van der Waals surface area contributed by atoms with Crippen LogP contribution in [0.25, 0.3) is 11.1 Å². The van der Waals surface area contributed by atoms with E-state index >= 15 is 0 Å². The van der Waals surface area contributed by atoms with Crippen molar-refractivity contribution in [2.75, 3.05) is 0 Å². The number of hydrogen-bond acceptors (Lipinski definition) is 6. The van der Waals surface area contributed by atoms with Crippen molar-refractivity contribution >= 4 is 5.91 Å². The second-order valence-corrected chi connectivity index (χ2v) is 7.85. The number of hydrogen-bond donors (Lipinski definition) is 3. The summed E-state index contributed by atoms with van der Waals surface area (Å²) in [5.41, 5.74) is 0.494. The lowest BCUT2D eigenvalue weighted by Gasteiger charge is -2.27. The molecule has 33 heavy (non-hydrogen) atoms. The third-order valence-corrected chi connectivity index (χ3v) is 5.45. The second kappa shape index (κ2) is 8.99. The van der Waals surface area contributed by atoms with E-state index in [9.17, 15) is 23.2 Å². The first-order valence-electron chi connectivity index (χ1n) is 10.2. The number of H-pyrrole nitrogens is 1. The number of halogens is 3. The number of nitriles is 1. The SMILES string of the molecule is N#CC1(NC(=O)[C@H](Cc2nc[nH]n2)N[C@@H](c2ccc(-c3ccncc3)cc2)C(F)(F)F)CC1. The molecule has 0 radical (unpaired) electrons. The normalized spacial score (nSPS) is 16.4. The van der Waals surface area contributed by atoms with Crippen LogP contribution in [0.2, 0.25) is 0 Å². The van der Waals surface area contributed by atoms with Crippen molar-refractivity contribution in [3.05, 3.63) is 66.5 Å². The summed E-state index contributed by atoms with van der Waals surface area (Å²) in [6, 6.07) is 8.03. The van der Waals surface area contributed by atoms with Crippen LogP contribution in [0.1, 0.15) is 30.3 Å². The van der Waals surface area contributed by atoms with Gasteiger partial charge in [0.2, 0.25) is 5.91 Å². The van der Waals surface area contributed by atoms with Crippen LogP contribution in [0, 0.1) is 11.3 Å². The zero-order valence-corrected chi connectivity index (χ0v) is 17.3. The smallest absolute Gasteiger partial charge is 0.336 e. The molecule has 2 aromatic heterocycles. The van der Waals surface area contributed by atoms with Crippen LogP contribution >= 0.6 is 0 Å². The number of rotatable bonds is 8. The molecule has 1 fully saturated rings. The van der Waals surface area contributed by atoms with Gasteiger partial charge in [-0.3, -0.25) is 20.2 Å². The van der Waals surface area contributed by atoms with E-state index in [4.69, 9.17) is 0 Å². The van der Waals surface area contributed by atoms with Crippen LogP contribution in [-0.2, 0) is 11.2 Å². The molecule has 1 aliphatic carbocycles. The molecule has 4 rings (SSSR count). The maximum Gasteiger partial charge on any atom is 0.407 e. The van der Waals surface area contributed by atoms with E-state index in [-0.39, 0.29) is 17.8 Å². The minimum Gasteiger partial charge on any atom is -0.336 e. The topological polar surface area (TPSA) is 119 Å². The van der Waals surface area contributed by atoms with Gasteiger partial charge in [-0.05, 0) is 41.7 Å². The maximum atomic E-state index is 14.1. The summed E-state index contributed by atoms with van der Waals surface area (Å²) in [5.74, 6) is -0.528. The largest absolute Gasteiger partial charge is 0.407 e. The van der Waals surface area contributed by atoms with Gasteiger partial charge in [-0.25, -0.2) is 4.98 Å². The predicted molar refractivity (Wildman–Crippen MR) is 111 cm³/mol. The number of benzene rings is 1. The summed E-state index contributed by atoms with van der Waals surface area (Å²) in [4.78, 5) is 20.7. The molecule has 0 unspecified atom stereocenters. The maximum absolute atomic E-state index is 14.1. The number of amides is 1. The zero-order valence-electron chi connectivity index (χ0n) is 17.3. The first-order chi connectivity index (χ1) is 15.8. The van der Waals surface area contributed by atoms with Crippen LogP contribution in [0.4, 0.5) is 13.2 Å². The van der Waals surface area contributed by atoms with Crippen LogP contribution in [0.3, 0.4) is 0 Å². The first kappa shape index (κ1) is 22.4. The fourth-order valence-electron chi connectivity index (χ4n) is 3.45.